The average molecular weight is 327 g/mol. The second-order valence-corrected chi connectivity index (χ2v) is 6.28. The molecule has 0 atom stereocenters. The van der Waals surface area contributed by atoms with Gasteiger partial charge in [0.1, 0.15) is 0 Å². The van der Waals surface area contributed by atoms with Gasteiger partial charge >= 0.3 is 0 Å². The maximum absolute atomic E-state index is 13.1. The fourth-order valence-electron chi connectivity index (χ4n) is 2.44. The van der Waals surface area contributed by atoms with E-state index in [1.54, 1.807) is 0 Å². The first-order valence-electron chi connectivity index (χ1n) is 7.05. The largest absolute Gasteiger partial charge is 0.347 e. The lowest BCUT2D eigenvalue weighted by Gasteiger charge is -2.27. The Morgan fingerprint density at radius 2 is 2.23 bits per heavy atom. The molecule has 0 bridgehead atoms. The maximum Gasteiger partial charge on any atom is 0.248 e. The monoisotopic (exact) mass is 327 g/mol. The summed E-state index contributed by atoms with van der Waals surface area (Å²) in [5, 5.41) is 8.43. The van der Waals surface area contributed by atoms with Gasteiger partial charge in [-0.2, -0.15) is 4.98 Å². The summed E-state index contributed by atoms with van der Waals surface area (Å²) in [5.74, 6) is -2.43. The number of rotatable bonds is 4. The molecule has 0 unspecified atom stereocenters. The van der Waals surface area contributed by atoms with E-state index in [4.69, 9.17) is 4.52 Å². The number of carbonyl (C=O) groups is 1. The van der Waals surface area contributed by atoms with Crippen LogP contribution >= 0.6 is 11.3 Å². The average Bonchev–Trinajstić information content (AvgIpc) is 3.15. The van der Waals surface area contributed by atoms with Gasteiger partial charge in [-0.25, -0.2) is 8.78 Å². The van der Waals surface area contributed by atoms with E-state index in [1.807, 2.05) is 17.5 Å². The lowest BCUT2D eigenvalue weighted by Crippen LogP contribution is -2.35. The van der Waals surface area contributed by atoms with Crippen molar-refractivity contribution in [3.05, 3.63) is 23.4 Å². The molecular weight excluding hydrogens is 312 g/mol. The minimum atomic E-state index is -2.63. The first-order chi connectivity index (χ1) is 10.5. The summed E-state index contributed by atoms with van der Waals surface area (Å²) in [7, 11) is 0. The summed E-state index contributed by atoms with van der Waals surface area (Å²) in [4.78, 5) is 17.0. The van der Waals surface area contributed by atoms with Crippen molar-refractivity contribution >= 4 is 17.2 Å². The molecule has 5 nitrogen and oxygen atoms in total. The molecule has 22 heavy (non-hydrogen) atoms. The molecule has 0 aromatic carbocycles. The molecule has 0 aliphatic heterocycles. The Morgan fingerprint density at radius 3 is 2.91 bits per heavy atom. The predicted molar refractivity (Wildman–Crippen MR) is 76.4 cm³/mol. The summed E-state index contributed by atoms with van der Waals surface area (Å²) < 4.78 is 31.2. The molecule has 0 radical (unpaired) electrons. The molecule has 1 N–H and O–H groups in total. The molecule has 8 heteroatoms. The van der Waals surface area contributed by atoms with Crippen molar-refractivity contribution in [3.8, 4) is 10.7 Å². The number of amides is 1. The highest BCUT2D eigenvalue weighted by atomic mass is 32.1. The molecule has 3 rings (SSSR count). The zero-order valence-corrected chi connectivity index (χ0v) is 12.5. The van der Waals surface area contributed by atoms with Crippen molar-refractivity contribution in [3.63, 3.8) is 0 Å². The number of carbonyl (C=O) groups excluding carboxylic acids is 1. The quantitative estimate of drug-likeness (QED) is 0.936. The molecule has 2 aromatic rings. The smallest absolute Gasteiger partial charge is 0.248 e. The molecule has 1 fully saturated rings. The van der Waals surface area contributed by atoms with Gasteiger partial charge in [0.25, 0.3) is 0 Å². The normalized spacial score (nSPS) is 18.3. The highest BCUT2D eigenvalue weighted by molar-refractivity contribution is 7.13. The topological polar surface area (TPSA) is 68.0 Å². The minimum absolute atomic E-state index is 0.115. The van der Waals surface area contributed by atoms with E-state index < -0.39 is 5.92 Å². The molecule has 118 valence electrons. The predicted octanol–water partition coefficient (Wildman–Crippen LogP) is 3.24. The third-order valence-electron chi connectivity index (χ3n) is 3.71. The van der Waals surface area contributed by atoms with Crippen molar-refractivity contribution in [1.82, 2.24) is 15.5 Å². The lowest BCUT2D eigenvalue weighted by molar-refractivity contribution is -0.129. The Bertz CT molecular complexity index is 632. The molecule has 2 heterocycles. The van der Waals surface area contributed by atoms with Crippen LogP contribution in [0.2, 0.25) is 0 Å². The number of halogens is 2. The first-order valence-corrected chi connectivity index (χ1v) is 7.93. The number of hydrogen-bond acceptors (Lipinski definition) is 5. The number of nitrogens with zero attached hydrogens (tertiary/aromatic N) is 2. The van der Waals surface area contributed by atoms with Gasteiger partial charge in [0.15, 0.2) is 0 Å². The summed E-state index contributed by atoms with van der Waals surface area (Å²) in [6.45, 7) is 0.115. The number of thiophene rings is 1. The fraction of sp³-hybridized carbons (Fsp3) is 0.500. The van der Waals surface area contributed by atoms with Gasteiger partial charge in [0.05, 0.1) is 11.4 Å². The van der Waals surface area contributed by atoms with Gasteiger partial charge in [-0.1, -0.05) is 11.2 Å². The summed E-state index contributed by atoms with van der Waals surface area (Å²) in [6.07, 6.45) is -0.0332. The zero-order chi connectivity index (χ0) is 15.6. The van der Waals surface area contributed by atoms with E-state index >= 15 is 0 Å². The van der Waals surface area contributed by atoms with Crippen LogP contribution in [0.5, 0.6) is 0 Å². The summed E-state index contributed by atoms with van der Waals surface area (Å²) in [6, 6.07) is 3.76. The number of hydrogen-bond donors (Lipinski definition) is 1. The van der Waals surface area contributed by atoms with Crippen molar-refractivity contribution in [2.75, 3.05) is 0 Å². The van der Waals surface area contributed by atoms with E-state index in [2.05, 4.69) is 15.5 Å². The molecule has 0 saturated heterocycles. The van der Waals surface area contributed by atoms with Crippen LogP contribution in [-0.2, 0) is 11.3 Å². The standard InChI is InChI=1S/C14H15F2N3O2S/c15-14(16)5-3-9(4-6-14)13(20)17-8-11-18-12(19-21-11)10-2-1-7-22-10/h1-2,7,9H,3-6,8H2,(H,17,20). The van der Waals surface area contributed by atoms with Crippen LogP contribution < -0.4 is 5.32 Å². The maximum atomic E-state index is 13.1. The third-order valence-corrected chi connectivity index (χ3v) is 4.58. The second-order valence-electron chi connectivity index (χ2n) is 5.34. The molecule has 1 saturated carbocycles. The van der Waals surface area contributed by atoms with Crippen LogP contribution in [0.4, 0.5) is 8.78 Å². The fourth-order valence-corrected chi connectivity index (χ4v) is 3.09. The van der Waals surface area contributed by atoms with E-state index in [9.17, 15) is 13.6 Å². The Kier molecular flexibility index (Phi) is 4.19. The van der Waals surface area contributed by atoms with Gasteiger partial charge in [-0.05, 0) is 24.3 Å². The van der Waals surface area contributed by atoms with E-state index in [0.717, 1.165) is 4.88 Å². The van der Waals surface area contributed by atoms with Crippen LogP contribution in [0.15, 0.2) is 22.0 Å². The van der Waals surface area contributed by atoms with Crippen LogP contribution in [0.3, 0.4) is 0 Å². The first kappa shape index (κ1) is 15.1. The molecule has 1 aliphatic rings. The van der Waals surface area contributed by atoms with Crippen molar-refractivity contribution in [1.29, 1.82) is 0 Å². The SMILES string of the molecule is O=C(NCc1nc(-c2cccs2)no1)C1CCC(F)(F)CC1. The van der Waals surface area contributed by atoms with E-state index in [1.165, 1.54) is 11.3 Å². The van der Waals surface area contributed by atoms with Gasteiger partial charge in [0, 0.05) is 18.8 Å². The zero-order valence-electron chi connectivity index (χ0n) is 11.7. The van der Waals surface area contributed by atoms with Gasteiger partial charge < -0.3 is 9.84 Å². The second kappa shape index (κ2) is 6.12. The molecule has 2 aromatic heterocycles. The van der Waals surface area contributed by atoms with Gasteiger partial charge in [-0.3, -0.25) is 4.79 Å². The van der Waals surface area contributed by atoms with Crippen molar-refractivity contribution in [2.45, 2.75) is 38.2 Å². The molecule has 0 spiro atoms. The minimum Gasteiger partial charge on any atom is -0.347 e. The lowest BCUT2D eigenvalue weighted by atomic mass is 9.86. The number of alkyl halides is 2. The summed E-state index contributed by atoms with van der Waals surface area (Å²) >= 11 is 1.49. The highest BCUT2D eigenvalue weighted by Gasteiger charge is 2.37. The molecule has 1 aliphatic carbocycles. The van der Waals surface area contributed by atoms with Crippen molar-refractivity contribution in [2.24, 2.45) is 5.92 Å². The van der Waals surface area contributed by atoms with Gasteiger partial charge in [0.2, 0.25) is 23.5 Å². The molecule has 1 amide bonds. The molecular formula is C14H15F2N3O2S. The summed E-state index contributed by atoms with van der Waals surface area (Å²) in [5.41, 5.74) is 0. The Labute approximate surface area is 129 Å². The Morgan fingerprint density at radius 1 is 1.45 bits per heavy atom. The van der Waals surface area contributed by atoms with Crippen LogP contribution in [0, 0.1) is 5.92 Å². The van der Waals surface area contributed by atoms with Crippen LogP contribution in [0.1, 0.15) is 31.6 Å². The van der Waals surface area contributed by atoms with Crippen molar-refractivity contribution < 1.29 is 18.1 Å². The van der Waals surface area contributed by atoms with E-state index in [-0.39, 0.29) is 44.1 Å². The number of nitrogens with one attached hydrogen (secondary N) is 1. The Balaban J connectivity index is 1.51. The highest BCUT2D eigenvalue weighted by Crippen LogP contribution is 2.36. The van der Waals surface area contributed by atoms with Crippen LogP contribution in [-0.4, -0.2) is 22.0 Å². The van der Waals surface area contributed by atoms with Gasteiger partial charge in [-0.15, -0.1) is 11.3 Å². The van der Waals surface area contributed by atoms with Crippen LogP contribution in [0.25, 0.3) is 10.7 Å². The Hall–Kier alpha value is -1.83. The number of aromatic nitrogens is 2. The third kappa shape index (κ3) is 3.49. The van der Waals surface area contributed by atoms with E-state index in [0.29, 0.717) is 11.7 Å².